The van der Waals surface area contributed by atoms with E-state index < -0.39 is 16.0 Å². The quantitative estimate of drug-likeness (QED) is 0.859. The number of nitrogens with one attached hydrogen (secondary N) is 1. The first-order chi connectivity index (χ1) is 10.9. The van der Waals surface area contributed by atoms with Crippen molar-refractivity contribution >= 4 is 21.7 Å². The van der Waals surface area contributed by atoms with Gasteiger partial charge in [-0.3, -0.25) is 4.72 Å². The number of anilines is 1. The van der Waals surface area contributed by atoms with Crippen LogP contribution in [0.25, 0.3) is 0 Å². The molecule has 1 aromatic carbocycles. The Balaban J connectivity index is 1.90. The zero-order valence-electron chi connectivity index (χ0n) is 12.5. The number of rotatable bonds is 4. The molecular formula is C15H15NO6S. The third-order valence-electron chi connectivity index (χ3n) is 3.46. The van der Waals surface area contributed by atoms with Gasteiger partial charge in [0.15, 0.2) is 0 Å². The SMILES string of the molecule is COC(=O)c1occc1NS(=O)(=O)c1ccc2c(c1)CC(C)O2. The number of ether oxygens (including phenoxy) is 2. The standard InChI is InChI=1S/C15H15NO6S/c1-9-7-10-8-11(3-4-13(10)22-9)23(18,19)16-12-5-6-21-14(12)15(17)20-2/h3-6,8-9,16H,7H2,1-2H3. The molecule has 0 bridgehead atoms. The van der Waals surface area contributed by atoms with Gasteiger partial charge < -0.3 is 13.9 Å². The highest BCUT2D eigenvalue weighted by Gasteiger charge is 2.25. The normalized spacial score (nSPS) is 16.5. The molecule has 2 aromatic rings. The molecule has 0 amide bonds. The Morgan fingerprint density at radius 3 is 2.87 bits per heavy atom. The molecule has 1 aliphatic heterocycles. The number of carbonyl (C=O) groups excluding carboxylic acids is 1. The van der Waals surface area contributed by atoms with Gasteiger partial charge in [0.05, 0.1) is 18.3 Å². The van der Waals surface area contributed by atoms with E-state index in [1.807, 2.05) is 6.92 Å². The van der Waals surface area contributed by atoms with E-state index >= 15 is 0 Å². The summed E-state index contributed by atoms with van der Waals surface area (Å²) in [6, 6.07) is 6.00. The number of fused-ring (bicyclic) bond motifs is 1. The van der Waals surface area contributed by atoms with E-state index in [1.165, 1.54) is 25.5 Å². The van der Waals surface area contributed by atoms with E-state index in [1.54, 1.807) is 12.1 Å². The molecule has 1 N–H and O–H groups in total. The molecule has 23 heavy (non-hydrogen) atoms. The van der Waals surface area contributed by atoms with Crippen molar-refractivity contribution < 1.29 is 27.1 Å². The Labute approximate surface area is 133 Å². The second-order valence-corrected chi connectivity index (χ2v) is 6.85. The van der Waals surface area contributed by atoms with Crippen molar-refractivity contribution in [2.24, 2.45) is 0 Å². The fourth-order valence-corrected chi connectivity index (χ4v) is 3.52. The van der Waals surface area contributed by atoms with Crippen LogP contribution in [0.1, 0.15) is 23.0 Å². The molecule has 0 saturated heterocycles. The van der Waals surface area contributed by atoms with Gasteiger partial charge in [-0.1, -0.05) is 0 Å². The van der Waals surface area contributed by atoms with Crippen molar-refractivity contribution in [1.82, 2.24) is 0 Å². The molecule has 3 rings (SSSR count). The summed E-state index contributed by atoms with van der Waals surface area (Å²) in [4.78, 5) is 11.6. The molecule has 1 aromatic heterocycles. The summed E-state index contributed by atoms with van der Waals surface area (Å²) in [7, 11) is -2.67. The fourth-order valence-electron chi connectivity index (χ4n) is 2.41. The molecule has 0 fully saturated rings. The van der Waals surface area contributed by atoms with Crippen LogP contribution in [-0.4, -0.2) is 27.6 Å². The van der Waals surface area contributed by atoms with E-state index in [9.17, 15) is 13.2 Å². The Morgan fingerprint density at radius 2 is 2.13 bits per heavy atom. The molecule has 0 radical (unpaired) electrons. The summed E-state index contributed by atoms with van der Waals surface area (Å²) in [6.45, 7) is 1.92. The highest BCUT2D eigenvalue weighted by Crippen LogP contribution is 2.31. The molecule has 0 aliphatic carbocycles. The second-order valence-electron chi connectivity index (χ2n) is 5.16. The zero-order chi connectivity index (χ0) is 16.6. The van der Waals surface area contributed by atoms with E-state index in [0.717, 1.165) is 5.56 Å². The van der Waals surface area contributed by atoms with Gasteiger partial charge in [0.1, 0.15) is 17.5 Å². The Bertz CT molecular complexity index is 855. The first-order valence-corrected chi connectivity index (χ1v) is 8.37. The number of esters is 1. The van der Waals surface area contributed by atoms with Gasteiger partial charge in [0.25, 0.3) is 10.0 Å². The third-order valence-corrected chi connectivity index (χ3v) is 4.82. The summed E-state index contributed by atoms with van der Waals surface area (Å²) >= 11 is 0. The van der Waals surface area contributed by atoms with Crippen LogP contribution in [-0.2, 0) is 21.2 Å². The van der Waals surface area contributed by atoms with Crippen LogP contribution >= 0.6 is 0 Å². The lowest BCUT2D eigenvalue weighted by molar-refractivity contribution is 0.0566. The molecule has 1 aliphatic rings. The van der Waals surface area contributed by atoms with Crippen molar-refractivity contribution in [2.75, 3.05) is 11.8 Å². The highest BCUT2D eigenvalue weighted by molar-refractivity contribution is 7.92. The van der Waals surface area contributed by atoms with E-state index in [2.05, 4.69) is 9.46 Å². The fraction of sp³-hybridized carbons (Fsp3) is 0.267. The summed E-state index contributed by atoms with van der Waals surface area (Å²) in [5, 5.41) is 0. The van der Waals surface area contributed by atoms with Crippen LogP contribution in [0.15, 0.2) is 39.8 Å². The summed E-state index contributed by atoms with van der Waals surface area (Å²) < 4.78 is 42.4. The minimum Gasteiger partial charge on any atom is -0.490 e. The lowest BCUT2D eigenvalue weighted by atomic mass is 10.1. The van der Waals surface area contributed by atoms with Crippen LogP contribution < -0.4 is 9.46 Å². The number of carbonyl (C=O) groups is 1. The van der Waals surface area contributed by atoms with E-state index in [0.29, 0.717) is 12.2 Å². The minimum absolute atomic E-state index is 0.0238. The number of benzene rings is 1. The van der Waals surface area contributed by atoms with E-state index in [-0.39, 0.29) is 22.4 Å². The second kappa shape index (κ2) is 5.62. The predicted octanol–water partition coefficient (Wildman–Crippen LogP) is 2.19. The lowest BCUT2D eigenvalue weighted by Crippen LogP contribution is -2.15. The Hall–Kier alpha value is -2.48. The number of hydrogen-bond acceptors (Lipinski definition) is 6. The van der Waals surface area contributed by atoms with Crippen LogP contribution in [0.2, 0.25) is 0 Å². The van der Waals surface area contributed by atoms with E-state index in [4.69, 9.17) is 9.15 Å². The largest absolute Gasteiger partial charge is 0.490 e. The maximum atomic E-state index is 12.5. The monoisotopic (exact) mass is 337 g/mol. The van der Waals surface area contributed by atoms with Gasteiger partial charge in [-0.05, 0) is 30.7 Å². The van der Waals surface area contributed by atoms with Crippen molar-refractivity contribution in [3.05, 3.63) is 41.9 Å². The number of hydrogen-bond donors (Lipinski definition) is 1. The van der Waals surface area contributed by atoms with Gasteiger partial charge in [-0.25, -0.2) is 13.2 Å². The Morgan fingerprint density at radius 1 is 1.35 bits per heavy atom. The molecular weight excluding hydrogens is 322 g/mol. The average Bonchev–Trinajstić information content (AvgIpc) is 3.10. The molecule has 1 unspecified atom stereocenters. The smallest absolute Gasteiger partial charge is 0.376 e. The molecule has 0 saturated carbocycles. The van der Waals surface area contributed by atoms with Crippen LogP contribution in [0, 0.1) is 0 Å². The molecule has 0 spiro atoms. The summed E-state index contributed by atoms with van der Waals surface area (Å²) in [6.07, 6.45) is 1.89. The number of sulfonamides is 1. The highest BCUT2D eigenvalue weighted by atomic mass is 32.2. The molecule has 7 nitrogen and oxygen atoms in total. The molecule has 1 atom stereocenters. The lowest BCUT2D eigenvalue weighted by Gasteiger charge is -2.08. The van der Waals surface area contributed by atoms with Gasteiger partial charge >= 0.3 is 5.97 Å². The van der Waals surface area contributed by atoms with Crippen LogP contribution in [0.4, 0.5) is 5.69 Å². The van der Waals surface area contributed by atoms with Crippen molar-refractivity contribution in [1.29, 1.82) is 0 Å². The molecule has 122 valence electrons. The topological polar surface area (TPSA) is 94.8 Å². The van der Waals surface area contributed by atoms with Gasteiger partial charge in [-0.15, -0.1) is 0 Å². The first kappa shape index (κ1) is 15.4. The predicted molar refractivity (Wildman–Crippen MR) is 81.1 cm³/mol. The third kappa shape index (κ3) is 2.89. The van der Waals surface area contributed by atoms with Crippen LogP contribution in [0.5, 0.6) is 5.75 Å². The van der Waals surface area contributed by atoms with Gasteiger partial charge in [0.2, 0.25) is 5.76 Å². The maximum absolute atomic E-state index is 12.5. The zero-order valence-corrected chi connectivity index (χ0v) is 13.3. The van der Waals surface area contributed by atoms with Crippen molar-refractivity contribution in [3.8, 4) is 5.75 Å². The van der Waals surface area contributed by atoms with Crippen molar-refractivity contribution in [3.63, 3.8) is 0 Å². The molecule has 8 heteroatoms. The number of furan rings is 1. The minimum atomic E-state index is -3.86. The summed E-state index contributed by atoms with van der Waals surface area (Å²) in [5.41, 5.74) is 0.864. The average molecular weight is 337 g/mol. The van der Waals surface area contributed by atoms with Crippen molar-refractivity contribution in [2.45, 2.75) is 24.3 Å². The van der Waals surface area contributed by atoms with Crippen LogP contribution in [0.3, 0.4) is 0 Å². The Kier molecular flexibility index (Phi) is 3.77. The van der Waals surface area contributed by atoms with Gasteiger partial charge in [-0.2, -0.15) is 0 Å². The first-order valence-electron chi connectivity index (χ1n) is 6.89. The van der Waals surface area contributed by atoms with Gasteiger partial charge in [0, 0.05) is 12.5 Å². The maximum Gasteiger partial charge on any atom is 0.376 e. The molecule has 2 heterocycles. The number of methoxy groups -OCH3 is 1. The summed E-state index contributed by atoms with van der Waals surface area (Å²) in [5.74, 6) is -0.270.